The van der Waals surface area contributed by atoms with Gasteiger partial charge in [0, 0.05) is 19.6 Å². The Hall–Kier alpha value is -0.0800. The van der Waals surface area contributed by atoms with Crippen molar-refractivity contribution < 1.29 is 4.74 Å². The molecule has 0 aromatic carbocycles. The second-order valence-corrected chi connectivity index (χ2v) is 8.19. The molecule has 2 nitrogen and oxygen atoms in total. The first-order valence-electron chi connectivity index (χ1n) is 8.22. The summed E-state index contributed by atoms with van der Waals surface area (Å²) in [6, 6.07) is 0. The van der Waals surface area contributed by atoms with Gasteiger partial charge < -0.3 is 9.64 Å². The zero-order valence-electron chi connectivity index (χ0n) is 13.6. The van der Waals surface area contributed by atoms with Gasteiger partial charge in [-0.25, -0.2) is 0 Å². The molecule has 0 N–H and O–H groups in total. The van der Waals surface area contributed by atoms with E-state index in [0.29, 0.717) is 17.6 Å². The predicted molar refractivity (Wildman–Crippen MR) is 81.4 cm³/mol. The van der Waals surface area contributed by atoms with E-state index in [1.807, 2.05) is 0 Å². The number of hydrogen-bond acceptors (Lipinski definition) is 2. The molecule has 112 valence electrons. The van der Waals surface area contributed by atoms with Crippen LogP contribution >= 0.6 is 0 Å². The minimum absolute atomic E-state index is 0.473. The molecule has 2 aliphatic rings. The smallest absolute Gasteiger partial charge is 0.0603 e. The number of piperidine rings is 1. The van der Waals surface area contributed by atoms with Crippen LogP contribution in [0.25, 0.3) is 0 Å². The van der Waals surface area contributed by atoms with Gasteiger partial charge in [-0.15, -0.1) is 0 Å². The highest BCUT2D eigenvalue weighted by molar-refractivity contribution is 4.89. The molecule has 0 aromatic rings. The van der Waals surface area contributed by atoms with Crippen molar-refractivity contribution in [3.8, 4) is 0 Å². The van der Waals surface area contributed by atoms with Crippen LogP contribution in [0.4, 0.5) is 0 Å². The van der Waals surface area contributed by atoms with Crippen molar-refractivity contribution in [3.63, 3.8) is 0 Å². The molecule has 0 amide bonds. The zero-order chi connectivity index (χ0) is 14.0. The Morgan fingerprint density at radius 2 is 1.63 bits per heavy atom. The van der Waals surface area contributed by atoms with Crippen LogP contribution in [0.15, 0.2) is 0 Å². The fraction of sp³-hybridized carbons (Fsp3) is 1.00. The Labute approximate surface area is 119 Å². The first-order valence-corrected chi connectivity index (χ1v) is 8.22. The summed E-state index contributed by atoms with van der Waals surface area (Å²) in [5.41, 5.74) is 0.473. The van der Waals surface area contributed by atoms with Gasteiger partial charge in [-0.3, -0.25) is 0 Å². The van der Waals surface area contributed by atoms with Gasteiger partial charge in [0.05, 0.1) is 12.2 Å². The molecule has 1 saturated heterocycles. The summed E-state index contributed by atoms with van der Waals surface area (Å²) in [5, 5.41) is 0. The van der Waals surface area contributed by atoms with E-state index in [1.54, 1.807) is 0 Å². The first kappa shape index (κ1) is 15.3. The first-order chi connectivity index (χ1) is 8.84. The highest BCUT2D eigenvalue weighted by Gasteiger charge is 2.39. The summed E-state index contributed by atoms with van der Waals surface area (Å²) >= 11 is 0. The Morgan fingerprint density at radius 3 is 2.11 bits per heavy atom. The number of likely N-dealkylation sites (tertiary alicyclic amines) is 1. The maximum atomic E-state index is 6.28. The maximum absolute atomic E-state index is 6.28. The van der Waals surface area contributed by atoms with Crippen molar-refractivity contribution in [1.29, 1.82) is 0 Å². The van der Waals surface area contributed by atoms with Crippen molar-refractivity contribution in [2.24, 2.45) is 17.3 Å². The van der Waals surface area contributed by atoms with Crippen LogP contribution in [-0.2, 0) is 4.74 Å². The topological polar surface area (TPSA) is 12.5 Å². The molecule has 1 heterocycles. The number of nitrogens with zero attached hydrogens (tertiary/aromatic N) is 1. The van der Waals surface area contributed by atoms with Crippen LogP contribution in [0.2, 0.25) is 0 Å². The molecular weight excluding hydrogens is 234 g/mol. The van der Waals surface area contributed by atoms with Crippen LogP contribution in [0, 0.1) is 17.3 Å². The molecule has 0 radical (unpaired) electrons. The third-order valence-corrected chi connectivity index (χ3v) is 4.86. The molecule has 1 aliphatic carbocycles. The SMILES string of the molecule is CC(C)CN1CCC(OC2CC(C(C)(C)C)C2)CC1. The molecule has 1 aliphatic heterocycles. The van der Waals surface area contributed by atoms with E-state index in [1.165, 1.54) is 45.3 Å². The molecular formula is C17H33NO. The van der Waals surface area contributed by atoms with Crippen LogP contribution in [-0.4, -0.2) is 36.7 Å². The van der Waals surface area contributed by atoms with Crippen molar-refractivity contribution in [1.82, 2.24) is 4.90 Å². The molecule has 2 fully saturated rings. The van der Waals surface area contributed by atoms with E-state index in [-0.39, 0.29) is 0 Å². The van der Waals surface area contributed by atoms with Gasteiger partial charge in [-0.2, -0.15) is 0 Å². The van der Waals surface area contributed by atoms with Gasteiger partial charge in [-0.1, -0.05) is 34.6 Å². The Kier molecular flexibility index (Phi) is 4.94. The molecule has 2 heteroatoms. The summed E-state index contributed by atoms with van der Waals surface area (Å²) in [6.07, 6.45) is 6.15. The van der Waals surface area contributed by atoms with Gasteiger partial charge in [0.2, 0.25) is 0 Å². The number of rotatable bonds is 4. The third kappa shape index (κ3) is 4.46. The Morgan fingerprint density at radius 1 is 1.05 bits per heavy atom. The summed E-state index contributed by atoms with van der Waals surface area (Å²) in [6.45, 7) is 15.4. The fourth-order valence-corrected chi connectivity index (χ4v) is 3.40. The third-order valence-electron chi connectivity index (χ3n) is 4.86. The van der Waals surface area contributed by atoms with Crippen molar-refractivity contribution in [2.45, 2.75) is 72.5 Å². The quantitative estimate of drug-likeness (QED) is 0.765. The molecule has 0 unspecified atom stereocenters. The van der Waals surface area contributed by atoms with E-state index in [9.17, 15) is 0 Å². The molecule has 0 spiro atoms. The summed E-state index contributed by atoms with van der Waals surface area (Å²) in [4.78, 5) is 2.60. The lowest BCUT2D eigenvalue weighted by Gasteiger charge is -2.45. The van der Waals surface area contributed by atoms with Crippen molar-refractivity contribution >= 4 is 0 Å². The van der Waals surface area contributed by atoms with Gasteiger partial charge in [0.1, 0.15) is 0 Å². The van der Waals surface area contributed by atoms with Crippen LogP contribution in [0.5, 0.6) is 0 Å². The van der Waals surface area contributed by atoms with Crippen LogP contribution in [0.3, 0.4) is 0 Å². The highest BCUT2D eigenvalue weighted by Crippen LogP contribution is 2.43. The average molecular weight is 267 g/mol. The average Bonchev–Trinajstić information content (AvgIpc) is 2.22. The molecule has 1 saturated carbocycles. The Bertz CT molecular complexity index is 267. The van der Waals surface area contributed by atoms with Crippen LogP contribution in [0.1, 0.15) is 60.3 Å². The lowest BCUT2D eigenvalue weighted by molar-refractivity contribution is -0.112. The van der Waals surface area contributed by atoms with Crippen molar-refractivity contribution in [2.75, 3.05) is 19.6 Å². The van der Waals surface area contributed by atoms with E-state index in [0.717, 1.165) is 11.8 Å². The Balaban J connectivity index is 1.62. The number of hydrogen-bond donors (Lipinski definition) is 0. The second kappa shape index (κ2) is 6.13. The van der Waals surface area contributed by atoms with Gasteiger partial charge in [-0.05, 0) is 42.9 Å². The minimum atomic E-state index is 0.473. The largest absolute Gasteiger partial charge is 0.375 e. The van der Waals surface area contributed by atoms with Gasteiger partial charge in [0.15, 0.2) is 0 Å². The minimum Gasteiger partial charge on any atom is -0.375 e. The van der Waals surface area contributed by atoms with E-state index in [2.05, 4.69) is 39.5 Å². The molecule has 2 rings (SSSR count). The van der Waals surface area contributed by atoms with Gasteiger partial charge in [0.25, 0.3) is 0 Å². The van der Waals surface area contributed by atoms with E-state index < -0.39 is 0 Å². The summed E-state index contributed by atoms with van der Waals surface area (Å²) in [7, 11) is 0. The normalized spacial score (nSPS) is 30.6. The molecule has 0 bridgehead atoms. The molecule has 0 atom stereocenters. The molecule has 0 aromatic heterocycles. The van der Waals surface area contributed by atoms with E-state index in [4.69, 9.17) is 4.74 Å². The predicted octanol–water partition coefficient (Wildman–Crippen LogP) is 3.95. The van der Waals surface area contributed by atoms with Crippen LogP contribution < -0.4 is 0 Å². The summed E-state index contributed by atoms with van der Waals surface area (Å²) in [5.74, 6) is 1.66. The fourth-order valence-electron chi connectivity index (χ4n) is 3.40. The molecule has 19 heavy (non-hydrogen) atoms. The standard InChI is InChI=1S/C17H33NO/c1-13(2)12-18-8-6-15(7-9-18)19-16-10-14(11-16)17(3,4)5/h13-16H,6-12H2,1-5H3. The lowest BCUT2D eigenvalue weighted by atomic mass is 9.67. The second-order valence-electron chi connectivity index (χ2n) is 8.19. The summed E-state index contributed by atoms with van der Waals surface area (Å²) < 4.78 is 6.28. The maximum Gasteiger partial charge on any atom is 0.0603 e. The lowest BCUT2D eigenvalue weighted by Crippen LogP contribution is -2.44. The van der Waals surface area contributed by atoms with Gasteiger partial charge >= 0.3 is 0 Å². The highest BCUT2D eigenvalue weighted by atomic mass is 16.5. The zero-order valence-corrected chi connectivity index (χ0v) is 13.6. The van der Waals surface area contributed by atoms with Crippen molar-refractivity contribution in [3.05, 3.63) is 0 Å². The monoisotopic (exact) mass is 267 g/mol. The number of ether oxygens (including phenoxy) is 1. The van der Waals surface area contributed by atoms with E-state index >= 15 is 0 Å².